The Morgan fingerprint density at radius 3 is 1.97 bits per heavy atom. The van der Waals surface area contributed by atoms with E-state index in [0.29, 0.717) is 17.0 Å². The molecule has 166 valence electrons. The smallest absolute Gasteiger partial charge is 0.294 e. The molecule has 5 heterocycles. The van der Waals surface area contributed by atoms with Crippen LogP contribution in [0.4, 0.5) is 0 Å². The largest absolute Gasteiger partial charge is 0.355 e. The molecule has 0 unspecified atom stereocenters. The van der Waals surface area contributed by atoms with Crippen LogP contribution in [0.3, 0.4) is 0 Å². The molecule has 4 aromatic rings. The lowest BCUT2D eigenvalue weighted by Gasteiger charge is -2.04. The molecule has 8 bridgehead atoms. The molecule has 0 spiro atoms. The Morgan fingerprint density at radius 2 is 1.29 bits per heavy atom. The molecular weight excluding hydrogens is 448 g/mol. The molecule has 3 aromatic heterocycles. The maximum absolute atomic E-state index is 11.7. The van der Waals surface area contributed by atoms with Gasteiger partial charge >= 0.3 is 0 Å². The van der Waals surface area contributed by atoms with Crippen molar-refractivity contribution in [3.05, 3.63) is 101 Å². The summed E-state index contributed by atoms with van der Waals surface area (Å²) in [6, 6.07) is 21.9. The maximum Gasteiger partial charge on any atom is 0.294 e. The number of nitrogens with one attached hydrogen (secondary N) is 2. The number of fused-ring (bicyclic) bond motifs is 8. The second kappa shape index (κ2) is 7.65. The Labute approximate surface area is 194 Å². The zero-order valence-corrected chi connectivity index (χ0v) is 18.5. The fraction of sp³-hybridized carbons (Fsp3) is 0. The first-order chi connectivity index (χ1) is 16.4. The summed E-state index contributed by atoms with van der Waals surface area (Å²) < 4.78 is 32.9. The number of H-pyrrole nitrogens is 2. The van der Waals surface area contributed by atoms with Gasteiger partial charge < -0.3 is 9.97 Å². The first-order valence-corrected chi connectivity index (χ1v) is 12.0. The SMILES string of the molecule is O=S(=O)(O)c1cccc(C2=Cc3cc4ccc(cc5ccc(cc6nc(cc2n3)C=C6)[nH]5)[nH]4)c1. The highest BCUT2D eigenvalue weighted by Crippen LogP contribution is 2.30. The number of hydrogen-bond acceptors (Lipinski definition) is 4. The van der Waals surface area contributed by atoms with Gasteiger partial charge in [0.05, 0.1) is 27.7 Å². The Kier molecular flexibility index (Phi) is 4.58. The molecule has 0 radical (unpaired) electrons. The molecule has 0 saturated carbocycles. The Bertz CT molecular complexity index is 1790. The lowest BCUT2D eigenvalue weighted by Crippen LogP contribution is -1.98. The van der Waals surface area contributed by atoms with Crippen molar-refractivity contribution >= 4 is 56.0 Å². The highest BCUT2D eigenvalue weighted by atomic mass is 32.2. The fourth-order valence-electron chi connectivity index (χ4n) is 4.07. The van der Waals surface area contributed by atoms with Crippen molar-refractivity contribution in [2.75, 3.05) is 0 Å². The lowest BCUT2D eigenvalue weighted by atomic mass is 10.0. The monoisotopic (exact) mass is 466 g/mol. The van der Waals surface area contributed by atoms with Crippen molar-refractivity contribution in [1.82, 2.24) is 19.9 Å². The second-order valence-electron chi connectivity index (χ2n) is 8.09. The number of nitrogens with zero attached hydrogens (tertiary/aromatic N) is 2. The van der Waals surface area contributed by atoms with Gasteiger partial charge in [0.15, 0.2) is 0 Å². The Balaban J connectivity index is 1.62. The van der Waals surface area contributed by atoms with Crippen LogP contribution in [0.15, 0.2) is 77.7 Å². The highest BCUT2D eigenvalue weighted by Gasteiger charge is 2.17. The number of hydrogen-bond donors (Lipinski definition) is 3. The van der Waals surface area contributed by atoms with Gasteiger partial charge in [0.1, 0.15) is 0 Å². The molecule has 6 rings (SSSR count). The molecule has 0 fully saturated rings. The van der Waals surface area contributed by atoms with E-state index in [4.69, 9.17) is 4.98 Å². The highest BCUT2D eigenvalue weighted by molar-refractivity contribution is 7.85. The van der Waals surface area contributed by atoms with Crippen LogP contribution in [0.25, 0.3) is 45.9 Å². The number of rotatable bonds is 2. The van der Waals surface area contributed by atoms with Gasteiger partial charge in [0.25, 0.3) is 10.1 Å². The third-order valence-electron chi connectivity index (χ3n) is 5.61. The van der Waals surface area contributed by atoms with Crippen molar-refractivity contribution in [3.8, 4) is 0 Å². The predicted molar refractivity (Wildman–Crippen MR) is 133 cm³/mol. The van der Waals surface area contributed by atoms with E-state index >= 15 is 0 Å². The minimum Gasteiger partial charge on any atom is -0.355 e. The summed E-state index contributed by atoms with van der Waals surface area (Å²) in [6.45, 7) is 0. The van der Waals surface area contributed by atoms with E-state index in [-0.39, 0.29) is 4.90 Å². The Hall–Kier alpha value is -4.27. The number of aromatic nitrogens is 4. The molecule has 0 aliphatic carbocycles. The van der Waals surface area contributed by atoms with E-state index in [1.54, 1.807) is 12.1 Å². The molecule has 1 aromatic carbocycles. The summed E-state index contributed by atoms with van der Waals surface area (Å²) in [4.78, 5) is 16.0. The van der Waals surface area contributed by atoms with Crippen molar-refractivity contribution in [3.63, 3.8) is 0 Å². The molecule has 0 atom stereocenters. The van der Waals surface area contributed by atoms with Crippen molar-refractivity contribution < 1.29 is 13.0 Å². The maximum atomic E-state index is 11.7. The normalized spacial score (nSPS) is 13.1. The predicted octanol–water partition coefficient (Wildman–Crippen LogP) is 5.32. The van der Waals surface area contributed by atoms with Gasteiger partial charge in [-0.2, -0.15) is 8.42 Å². The van der Waals surface area contributed by atoms with Gasteiger partial charge in [-0.1, -0.05) is 12.1 Å². The molecular formula is C26H18N4O3S. The van der Waals surface area contributed by atoms with E-state index in [9.17, 15) is 13.0 Å². The summed E-state index contributed by atoms with van der Waals surface area (Å²) in [5.74, 6) is 0. The van der Waals surface area contributed by atoms with E-state index in [0.717, 1.165) is 39.0 Å². The zero-order valence-electron chi connectivity index (χ0n) is 17.7. The van der Waals surface area contributed by atoms with Crippen LogP contribution < -0.4 is 0 Å². The average Bonchev–Trinajstić information content (AvgIpc) is 3.58. The third-order valence-corrected chi connectivity index (χ3v) is 6.46. The zero-order chi connectivity index (χ0) is 23.3. The van der Waals surface area contributed by atoms with Gasteiger partial charge in [-0.05, 0) is 84.5 Å². The minimum absolute atomic E-state index is 0.168. The summed E-state index contributed by atoms with van der Waals surface area (Å²) >= 11 is 0. The topological polar surface area (TPSA) is 112 Å². The molecule has 34 heavy (non-hydrogen) atoms. The molecule has 0 saturated heterocycles. The van der Waals surface area contributed by atoms with Crippen LogP contribution in [0.2, 0.25) is 0 Å². The van der Waals surface area contributed by atoms with Gasteiger partial charge in [-0.15, -0.1) is 0 Å². The van der Waals surface area contributed by atoms with E-state index in [1.807, 2.05) is 66.8 Å². The number of aromatic amines is 2. The molecule has 8 heteroatoms. The van der Waals surface area contributed by atoms with Gasteiger partial charge in [0, 0.05) is 27.6 Å². The molecule has 3 N–H and O–H groups in total. The first kappa shape index (κ1) is 20.3. The summed E-state index contributed by atoms with van der Waals surface area (Å²) in [5, 5.41) is 0. The number of benzene rings is 1. The van der Waals surface area contributed by atoms with Crippen LogP contribution in [0.1, 0.15) is 28.3 Å². The van der Waals surface area contributed by atoms with Crippen molar-refractivity contribution in [2.45, 2.75) is 4.90 Å². The van der Waals surface area contributed by atoms with Crippen LogP contribution in [-0.2, 0) is 10.1 Å². The van der Waals surface area contributed by atoms with E-state index in [2.05, 4.69) is 15.0 Å². The Morgan fingerprint density at radius 1 is 0.676 bits per heavy atom. The van der Waals surface area contributed by atoms with Crippen molar-refractivity contribution in [1.29, 1.82) is 0 Å². The molecule has 2 aliphatic rings. The quantitative estimate of drug-likeness (QED) is 0.299. The van der Waals surface area contributed by atoms with Crippen LogP contribution in [0.5, 0.6) is 0 Å². The standard InChI is InChI=1S/C26H18N4O3S/c31-34(32,33)24-3-1-2-16(10-24)25-14-23-13-21-7-6-19(28-21)11-17-4-5-18(27-17)12-20-8-9-22(29-20)15-26(25)30-23/h1-15,27-28H,(H,31,32,33). The molecule has 7 nitrogen and oxygen atoms in total. The third kappa shape index (κ3) is 3.96. The van der Waals surface area contributed by atoms with Gasteiger partial charge in [-0.3, -0.25) is 4.55 Å². The lowest BCUT2D eigenvalue weighted by molar-refractivity contribution is 0.483. The minimum atomic E-state index is -4.33. The summed E-state index contributed by atoms with van der Waals surface area (Å²) in [7, 11) is -4.33. The summed E-state index contributed by atoms with van der Waals surface area (Å²) in [6.07, 6.45) is 5.73. The second-order valence-corrected chi connectivity index (χ2v) is 9.51. The van der Waals surface area contributed by atoms with Gasteiger partial charge in [0.2, 0.25) is 0 Å². The molecule has 2 aliphatic heterocycles. The fourth-order valence-corrected chi connectivity index (χ4v) is 4.60. The first-order valence-electron chi connectivity index (χ1n) is 10.6. The van der Waals surface area contributed by atoms with Gasteiger partial charge in [-0.25, -0.2) is 9.97 Å². The van der Waals surface area contributed by atoms with Crippen LogP contribution in [-0.4, -0.2) is 32.9 Å². The average molecular weight is 467 g/mol. The summed E-state index contributed by atoms with van der Waals surface area (Å²) in [5.41, 5.74) is 8.00. The van der Waals surface area contributed by atoms with Crippen LogP contribution in [0, 0.1) is 0 Å². The van der Waals surface area contributed by atoms with Crippen LogP contribution >= 0.6 is 0 Å². The molecule has 0 amide bonds. The van der Waals surface area contributed by atoms with E-state index < -0.39 is 10.1 Å². The van der Waals surface area contributed by atoms with Crippen molar-refractivity contribution in [2.24, 2.45) is 0 Å². The van der Waals surface area contributed by atoms with E-state index in [1.165, 1.54) is 12.1 Å².